The molecule has 0 spiro atoms. The monoisotopic (exact) mass is 250 g/mol. The van der Waals surface area contributed by atoms with Crippen molar-refractivity contribution in [2.45, 2.75) is 4.16 Å². The van der Waals surface area contributed by atoms with Gasteiger partial charge in [0.05, 0.1) is 0 Å². The molecule has 1 aromatic carbocycles. The molecule has 0 heterocycles. The molecule has 5 heteroatoms. The SMILES string of the molecule is O=S(=O)(O)[C@@H](Br)c1ccccc1. The zero-order valence-electron chi connectivity index (χ0n) is 6.01. The first kappa shape index (κ1) is 9.70. The van der Waals surface area contributed by atoms with Crippen molar-refractivity contribution in [3.05, 3.63) is 35.9 Å². The van der Waals surface area contributed by atoms with Crippen LogP contribution in [0.15, 0.2) is 30.3 Å². The summed E-state index contributed by atoms with van der Waals surface area (Å²) in [5.74, 6) is 0. The molecule has 3 nitrogen and oxygen atoms in total. The number of alkyl halides is 1. The summed E-state index contributed by atoms with van der Waals surface area (Å²) in [6.07, 6.45) is 0. The minimum Gasteiger partial charge on any atom is -0.284 e. The quantitative estimate of drug-likeness (QED) is 0.645. The molecule has 1 N–H and O–H groups in total. The third-order valence-electron chi connectivity index (χ3n) is 1.32. The Bertz CT molecular complexity index is 346. The Hall–Kier alpha value is -0.390. The van der Waals surface area contributed by atoms with Gasteiger partial charge in [-0.15, -0.1) is 0 Å². The second-order valence-corrected chi connectivity index (χ2v) is 5.26. The van der Waals surface area contributed by atoms with Gasteiger partial charge in [-0.3, -0.25) is 4.55 Å². The molecule has 0 aromatic heterocycles. The van der Waals surface area contributed by atoms with E-state index in [0.29, 0.717) is 5.56 Å². The maximum atomic E-state index is 10.6. The van der Waals surface area contributed by atoms with Crippen LogP contribution >= 0.6 is 15.9 Å². The van der Waals surface area contributed by atoms with E-state index in [-0.39, 0.29) is 0 Å². The van der Waals surface area contributed by atoms with Crippen LogP contribution in [0.5, 0.6) is 0 Å². The van der Waals surface area contributed by atoms with E-state index >= 15 is 0 Å². The molecule has 0 fully saturated rings. The van der Waals surface area contributed by atoms with Gasteiger partial charge in [0.15, 0.2) is 4.16 Å². The summed E-state index contributed by atoms with van der Waals surface area (Å²) in [6, 6.07) is 8.41. The standard InChI is InChI=1S/C7H7BrO3S/c8-7(12(9,10)11)6-4-2-1-3-5-6/h1-5,7H,(H,9,10,11)/t7-/m1/s1. The Morgan fingerprint density at radius 2 is 1.75 bits per heavy atom. The summed E-state index contributed by atoms with van der Waals surface area (Å²) in [6.45, 7) is 0. The summed E-state index contributed by atoms with van der Waals surface area (Å²) in [4.78, 5) is 0. The summed E-state index contributed by atoms with van der Waals surface area (Å²) < 4.78 is 28.9. The van der Waals surface area contributed by atoms with Gasteiger partial charge < -0.3 is 0 Å². The third-order valence-corrected chi connectivity index (χ3v) is 4.06. The van der Waals surface area contributed by atoms with Gasteiger partial charge in [0, 0.05) is 0 Å². The minimum absolute atomic E-state index is 0.514. The van der Waals surface area contributed by atoms with Crippen molar-refractivity contribution < 1.29 is 13.0 Å². The highest BCUT2D eigenvalue weighted by Gasteiger charge is 2.20. The molecule has 0 amide bonds. The predicted octanol–water partition coefficient (Wildman–Crippen LogP) is 1.97. The zero-order chi connectivity index (χ0) is 9.19. The first-order valence-electron chi connectivity index (χ1n) is 3.17. The Balaban J connectivity index is 3.02. The van der Waals surface area contributed by atoms with Crippen LogP contribution < -0.4 is 0 Å². The second-order valence-electron chi connectivity index (χ2n) is 2.24. The van der Waals surface area contributed by atoms with Crippen LogP contribution in [0, 0.1) is 0 Å². The van der Waals surface area contributed by atoms with Crippen molar-refractivity contribution in [3.8, 4) is 0 Å². The molecular formula is C7H7BrO3S. The molecular weight excluding hydrogens is 244 g/mol. The van der Waals surface area contributed by atoms with Gasteiger partial charge in [0.25, 0.3) is 10.1 Å². The van der Waals surface area contributed by atoms with Crippen LogP contribution in [0.25, 0.3) is 0 Å². The van der Waals surface area contributed by atoms with E-state index in [9.17, 15) is 8.42 Å². The number of halogens is 1. The summed E-state index contributed by atoms with van der Waals surface area (Å²) in [7, 11) is -4.04. The molecule has 1 atom stereocenters. The molecule has 0 saturated carbocycles. The van der Waals surface area contributed by atoms with Crippen molar-refractivity contribution >= 4 is 26.0 Å². The molecule has 0 bridgehead atoms. The highest BCUT2D eigenvalue weighted by atomic mass is 79.9. The fourth-order valence-electron chi connectivity index (χ4n) is 0.776. The van der Waals surface area contributed by atoms with Gasteiger partial charge in [-0.1, -0.05) is 46.3 Å². The summed E-state index contributed by atoms with van der Waals surface area (Å²) >= 11 is 2.87. The topological polar surface area (TPSA) is 54.4 Å². The van der Waals surface area contributed by atoms with Crippen molar-refractivity contribution in [2.75, 3.05) is 0 Å². The largest absolute Gasteiger partial charge is 0.284 e. The van der Waals surface area contributed by atoms with E-state index in [1.807, 2.05) is 0 Å². The van der Waals surface area contributed by atoms with E-state index < -0.39 is 14.3 Å². The maximum Gasteiger partial charge on any atom is 0.282 e. The number of hydrogen-bond donors (Lipinski definition) is 1. The number of benzene rings is 1. The third kappa shape index (κ3) is 2.30. The van der Waals surface area contributed by atoms with Gasteiger partial charge in [-0.25, -0.2) is 0 Å². The van der Waals surface area contributed by atoms with Gasteiger partial charge in [0.2, 0.25) is 0 Å². The Morgan fingerprint density at radius 1 is 1.25 bits per heavy atom. The van der Waals surface area contributed by atoms with Gasteiger partial charge in [0.1, 0.15) is 0 Å². The average molecular weight is 251 g/mol. The molecule has 0 aliphatic rings. The first-order valence-corrected chi connectivity index (χ1v) is 5.59. The highest BCUT2D eigenvalue weighted by molar-refractivity contribution is 9.10. The van der Waals surface area contributed by atoms with Crippen LogP contribution in [0.2, 0.25) is 0 Å². The van der Waals surface area contributed by atoms with Crippen molar-refractivity contribution in [1.82, 2.24) is 0 Å². The van der Waals surface area contributed by atoms with Crippen molar-refractivity contribution in [1.29, 1.82) is 0 Å². The van der Waals surface area contributed by atoms with E-state index in [0.717, 1.165) is 0 Å². The van der Waals surface area contributed by atoms with Crippen LogP contribution in [0.4, 0.5) is 0 Å². The van der Waals surface area contributed by atoms with Crippen LogP contribution in [0.1, 0.15) is 9.72 Å². The lowest BCUT2D eigenvalue weighted by molar-refractivity contribution is 0.481. The first-order chi connectivity index (χ1) is 5.52. The van der Waals surface area contributed by atoms with E-state index in [1.165, 1.54) is 0 Å². The van der Waals surface area contributed by atoms with E-state index in [4.69, 9.17) is 4.55 Å². The predicted molar refractivity (Wildman–Crippen MR) is 49.7 cm³/mol. The maximum absolute atomic E-state index is 10.6. The molecule has 0 radical (unpaired) electrons. The van der Waals surface area contributed by atoms with Crippen LogP contribution in [-0.2, 0) is 10.1 Å². The highest BCUT2D eigenvalue weighted by Crippen LogP contribution is 2.27. The lowest BCUT2D eigenvalue weighted by atomic mass is 10.2. The fourth-order valence-corrected chi connectivity index (χ4v) is 1.58. The number of hydrogen-bond acceptors (Lipinski definition) is 2. The van der Waals surface area contributed by atoms with Gasteiger partial charge in [-0.2, -0.15) is 8.42 Å². The molecule has 12 heavy (non-hydrogen) atoms. The minimum atomic E-state index is -4.04. The van der Waals surface area contributed by atoms with Crippen molar-refractivity contribution in [3.63, 3.8) is 0 Å². The van der Waals surface area contributed by atoms with Crippen molar-refractivity contribution in [2.24, 2.45) is 0 Å². The molecule has 0 saturated heterocycles. The fraction of sp³-hybridized carbons (Fsp3) is 0.143. The normalized spacial score (nSPS) is 14.2. The molecule has 0 aliphatic heterocycles. The lowest BCUT2D eigenvalue weighted by Crippen LogP contribution is -2.04. The Kier molecular flexibility index (Phi) is 2.87. The average Bonchev–Trinajstić information content (AvgIpc) is 2.03. The van der Waals surface area contributed by atoms with Gasteiger partial charge >= 0.3 is 0 Å². The lowest BCUT2D eigenvalue weighted by Gasteiger charge is -2.04. The zero-order valence-corrected chi connectivity index (χ0v) is 8.42. The van der Waals surface area contributed by atoms with Crippen LogP contribution in [-0.4, -0.2) is 13.0 Å². The second kappa shape index (κ2) is 3.55. The van der Waals surface area contributed by atoms with Gasteiger partial charge in [-0.05, 0) is 5.56 Å². The molecule has 1 aromatic rings. The van der Waals surface area contributed by atoms with Crippen LogP contribution in [0.3, 0.4) is 0 Å². The summed E-state index contributed by atoms with van der Waals surface area (Å²) in [5, 5.41) is 0. The van der Waals surface area contributed by atoms with E-state index in [2.05, 4.69) is 15.9 Å². The molecule has 1 rings (SSSR count). The molecule has 66 valence electrons. The number of rotatable bonds is 2. The summed E-state index contributed by atoms with van der Waals surface area (Å²) in [5.41, 5.74) is 0.514. The molecule has 0 unspecified atom stereocenters. The molecule has 0 aliphatic carbocycles. The Morgan fingerprint density at radius 3 is 2.17 bits per heavy atom. The van der Waals surface area contributed by atoms with E-state index in [1.54, 1.807) is 30.3 Å². The Labute approximate surface area is 79.3 Å². The smallest absolute Gasteiger partial charge is 0.282 e.